The van der Waals surface area contributed by atoms with Gasteiger partial charge in [0, 0.05) is 24.4 Å². The molecule has 3 aromatic rings. The van der Waals surface area contributed by atoms with Crippen LogP contribution in [-0.2, 0) is 11.2 Å². The number of ether oxygens (including phenoxy) is 1. The molecule has 30 heavy (non-hydrogen) atoms. The third kappa shape index (κ3) is 5.64. The van der Waals surface area contributed by atoms with Crippen LogP contribution in [0, 0.1) is 5.82 Å². The predicted molar refractivity (Wildman–Crippen MR) is 115 cm³/mol. The molecule has 0 aliphatic rings. The second-order valence-corrected chi connectivity index (χ2v) is 7.48. The van der Waals surface area contributed by atoms with E-state index in [9.17, 15) is 14.0 Å². The Kier molecular flexibility index (Phi) is 7.13. The van der Waals surface area contributed by atoms with Crippen LogP contribution in [0.5, 0.6) is 5.75 Å². The Labute approximate surface area is 178 Å². The number of amides is 2. The lowest BCUT2D eigenvalue weighted by Crippen LogP contribution is -2.21. The van der Waals surface area contributed by atoms with Crippen molar-refractivity contribution in [1.82, 2.24) is 10.3 Å². The van der Waals surface area contributed by atoms with E-state index in [-0.39, 0.29) is 11.5 Å². The molecule has 8 heteroatoms. The highest BCUT2D eigenvalue weighted by Gasteiger charge is 2.15. The van der Waals surface area contributed by atoms with Crippen molar-refractivity contribution < 1.29 is 18.7 Å². The van der Waals surface area contributed by atoms with Crippen LogP contribution in [0.25, 0.3) is 11.3 Å². The number of benzene rings is 2. The van der Waals surface area contributed by atoms with Gasteiger partial charge in [0.15, 0.2) is 5.13 Å². The Balaban J connectivity index is 1.63. The van der Waals surface area contributed by atoms with E-state index in [4.69, 9.17) is 4.74 Å². The topological polar surface area (TPSA) is 80.3 Å². The number of halogens is 1. The molecule has 2 aromatic carbocycles. The van der Waals surface area contributed by atoms with Crippen molar-refractivity contribution in [3.05, 3.63) is 64.8 Å². The Morgan fingerprint density at radius 1 is 1.17 bits per heavy atom. The van der Waals surface area contributed by atoms with E-state index in [1.54, 1.807) is 0 Å². The van der Waals surface area contributed by atoms with Gasteiger partial charge in [-0.3, -0.25) is 14.9 Å². The summed E-state index contributed by atoms with van der Waals surface area (Å²) in [5, 5.41) is 7.74. The number of methoxy groups -OCH3 is 1. The molecule has 1 heterocycles. The van der Waals surface area contributed by atoms with Crippen molar-refractivity contribution in [2.75, 3.05) is 19.0 Å². The fourth-order valence-corrected chi connectivity index (χ4v) is 3.60. The normalized spacial score (nSPS) is 10.5. The minimum absolute atomic E-state index is 0.0207. The summed E-state index contributed by atoms with van der Waals surface area (Å²) in [7, 11) is 1.43. The van der Waals surface area contributed by atoms with Gasteiger partial charge in [0.05, 0.1) is 18.4 Å². The fraction of sp³-hybridized carbons (Fsp3) is 0.227. The maximum atomic E-state index is 13.5. The third-order valence-electron chi connectivity index (χ3n) is 4.40. The Morgan fingerprint density at radius 2 is 1.93 bits per heavy atom. The SMILES string of the molecule is COc1ccc(F)cc1C(=O)Nc1nc(-c2ccc(CCCNC(C)=O)cc2)cs1. The maximum Gasteiger partial charge on any atom is 0.261 e. The summed E-state index contributed by atoms with van der Waals surface area (Å²) in [5.74, 6) is -0.730. The second kappa shape index (κ2) is 9.98. The van der Waals surface area contributed by atoms with E-state index in [1.165, 1.54) is 43.1 Å². The number of rotatable bonds is 8. The highest BCUT2D eigenvalue weighted by atomic mass is 32.1. The fourth-order valence-electron chi connectivity index (χ4n) is 2.88. The summed E-state index contributed by atoms with van der Waals surface area (Å²) in [6.45, 7) is 2.16. The van der Waals surface area contributed by atoms with Crippen LogP contribution in [0.2, 0.25) is 0 Å². The molecule has 2 amide bonds. The molecule has 0 saturated carbocycles. The zero-order chi connectivity index (χ0) is 21.5. The highest BCUT2D eigenvalue weighted by Crippen LogP contribution is 2.27. The number of aromatic nitrogens is 1. The molecule has 0 aliphatic heterocycles. The first-order chi connectivity index (χ1) is 14.5. The van der Waals surface area contributed by atoms with Crippen LogP contribution in [0.1, 0.15) is 29.3 Å². The van der Waals surface area contributed by atoms with Gasteiger partial charge in [-0.15, -0.1) is 11.3 Å². The summed E-state index contributed by atoms with van der Waals surface area (Å²) >= 11 is 1.29. The minimum Gasteiger partial charge on any atom is -0.496 e. The summed E-state index contributed by atoms with van der Waals surface area (Å²) in [5.41, 5.74) is 2.95. The first kappa shape index (κ1) is 21.4. The van der Waals surface area contributed by atoms with Crippen LogP contribution in [0.15, 0.2) is 47.8 Å². The second-order valence-electron chi connectivity index (χ2n) is 6.62. The number of carbonyl (C=O) groups is 2. The lowest BCUT2D eigenvalue weighted by atomic mass is 10.1. The van der Waals surface area contributed by atoms with Gasteiger partial charge in [-0.25, -0.2) is 9.37 Å². The summed E-state index contributed by atoms with van der Waals surface area (Å²) < 4.78 is 18.6. The average Bonchev–Trinajstić information content (AvgIpc) is 3.20. The summed E-state index contributed by atoms with van der Waals surface area (Å²) in [6.07, 6.45) is 1.74. The molecule has 2 N–H and O–H groups in total. The number of hydrogen-bond acceptors (Lipinski definition) is 5. The minimum atomic E-state index is -0.516. The quantitative estimate of drug-likeness (QED) is 0.526. The zero-order valence-electron chi connectivity index (χ0n) is 16.7. The molecule has 0 bridgehead atoms. The smallest absolute Gasteiger partial charge is 0.261 e. The van der Waals surface area contributed by atoms with Crippen LogP contribution in [-0.4, -0.2) is 30.5 Å². The maximum absolute atomic E-state index is 13.5. The largest absolute Gasteiger partial charge is 0.496 e. The van der Waals surface area contributed by atoms with Gasteiger partial charge in [-0.05, 0) is 36.6 Å². The molecule has 0 spiro atoms. The van der Waals surface area contributed by atoms with E-state index < -0.39 is 11.7 Å². The molecule has 0 radical (unpaired) electrons. The lowest BCUT2D eigenvalue weighted by Gasteiger charge is -2.07. The van der Waals surface area contributed by atoms with E-state index in [1.807, 2.05) is 29.6 Å². The van der Waals surface area contributed by atoms with Crippen molar-refractivity contribution in [2.24, 2.45) is 0 Å². The van der Waals surface area contributed by atoms with Crippen LogP contribution in [0.3, 0.4) is 0 Å². The number of aryl methyl sites for hydroxylation is 1. The Morgan fingerprint density at radius 3 is 2.63 bits per heavy atom. The number of nitrogens with one attached hydrogen (secondary N) is 2. The van der Waals surface area contributed by atoms with Crippen LogP contribution in [0.4, 0.5) is 9.52 Å². The van der Waals surface area contributed by atoms with Crippen molar-refractivity contribution in [2.45, 2.75) is 19.8 Å². The zero-order valence-corrected chi connectivity index (χ0v) is 17.5. The molecular formula is C22H22FN3O3S. The summed E-state index contributed by atoms with van der Waals surface area (Å²) in [4.78, 5) is 27.8. The number of hydrogen-bond donors (Lipinski definition) is 2. The van der Waals surface area contributed by atoms with Gasteiger partial charge in [-0.2, -0.15) is 0 Å². The number of anilines is 1. The van der Waals surface area contributed by atoms with E-state index in [0.717, 1.165) is 30.2 Å². The van der Waals surface area contributed by atoms with Gasteiger partial charge in [-0.1, -0.05) is 24.3 Å². The molecule has 0 fully saturated rings. The molecule has 3 rings (SSSR count). The van der Waals surface area contributed by atoms with Crippen LogP contribution < -0.4 is 15.4 Å². The monoisotopic (exact) mass is 427 g/mol. The molecule has 0 unspecified atom stereocenters. The van der Waals surface area contributed by atoms with Crippen molar-refractivity contribution >= 4 is 28.3 Å². The summed E-state index contributed by atoms with van der Waals surface area (Å²) in [6, 6.07) is 11.8. The van der Waals surface area contributed by atoms with Gasteiger partial charge in [0.1, 0.15) is 11.6 Å². The molecule has 6 nitrogen and oxygen atoms in total. The van der Waals surface area contributed by atoms with Crippen LogP contribution >= 0.6 is 11.3 Å². The number of thiazole rings is 1. The third-order valence-corrected chi connectivity index (χ3v) is 5.15. The lowest BCUT2D eigenvalue weighted by molar-refractivity contribution is -0.118. The molecule has 0 aliphatic carbocycles. The molecule has 0 saturated heterocycles. The van der Waals surface area contributed by atoms with E-state index in [2.05, 4.69) is 15.6 Å². The first-order valence-electron chi connectivity index (χ1n) is 9.40. The molecule has 0 atom stereocenters. The van der Waals surface area contributed by atoms with Gasteiger partial charge < -0.3 is 10.1 Å². The van der Waals surface area contributed by atoms with Crippen molar-refractivity contribution in [3.63, 3.8) is 0 Å². The van der Waals surface area contributed by atoms with Gasteiger partial charge in [0.2, 0.25) is 5.91 Å². The Hall–Kier alpha value is -3.26. The van der Waals surface area contributed by atoms with Crippen molar-refractivity contribution in [3.8, 4) is 17.0 Å². The van der Waals surface area contributed by atoms with E-state index >= 15 is 0 Å². The number of carbonyl (C=O) groups excluding carboxylic acids is 2. The molecule has 1 aromatic heterocycles. The molecule has 156 valence electrons. The van der Waals surface area contributed by atoms with Crippen molar-refractivity contribution in [1.29, 1.82) is 0 Å². The Bertz CT molecular complexity index is 1030. The van der Waals surface area contributed by atoms with Gasteiger partial charge in [0.25, 0.3) is 5.91 Å². The highest BCUT2D eigenvalue weighted by molar-refractivity contribution is 7.14. The molecular weight excluding hydrogens is 405 g/mol. The average molecular weight is 428 g/mol. The predicted octanol–water partition coefficient (Wildman–Crippen LogP) is 4.28. The van der Waals surface area contributed by atoms with Gasteiger partial charge >= 0.3 is 0 Å². The standard InChI is InChI=1S/C22H22FN3O3S/c1-14(27)24-11-3-4-15-5-7-16(8-6-15)19-13-30-22(25-19)26-21(28)18-12-17(23)9-10-20(18)29-2/h5-10,12-13H,3-4,11H2,1-2H3,(H,24,27)(H,25,26,28). The van der Waals surface area contributed by atoms with E-state index in [0.29, 0.717) is 17.4 Å². The first-order valence-corrected chi connectivity index (χ1v) is 10.3. The number of nitrogens with zero attached hydrogens (tertiary/aromatic N) is 1.